The molecule has 0 radical (unpaired) electrons. The number of para-hydroxylation sites is 2. The lowest BCUT2D eigenvalue weighted by atomic mass is 10.1. The quantitative estimate of drug-likeness (QED) is 0.501. The van der Waals surface area contributed by atoms with Crippen molar-refractivity contribution in [1.29, 1.82) is 0 Å². The monoisotopic (exact) mass is 392 g/mol. The second kappa shape index (κ2) is 8.05. The van der Waals surface area contributed by atoms with E-state index in [1.165, 1.54) is 0 Å². The van der Waals surface area contributed by atoms with E-state index in [0.717, 1.165) is 38.8 Å². The first kappa shape index (κ1) is 18.5. The molecule has 0 saturated carbocycles. The van der Waals surface area contributed by atoms with Crippen molar-refractivity contribution in [3.8, 4) is 5.75 Å². The summed E-state index contributed by atoms with van der Waals surface area (Å²) in [5.74, 6) is 1.62. The maximum atomic E-state index is 10.8. The molecule has 3 aromatic carbocycles. The molecule has 0 unspecified atom stereocenters. The SMILES string of the molecule is COc1ccc([C@H](O)Cc2nc3ccccc3n2Cc2ccc(Cl)cc2)cc1. The van der Waals surface area contributed by atoms with Gasteiger partial charge in [-0.3, -0.25) is 0 Å². The first-order valence-corrected chi connectivity index (χ1v) is 9.52. The van der Waals surface area contributed by atoms with Crippen molar-refractivity contribution in [3.63, 3.8) is 0 Å². The van der Waals surface area contributed by atoms with E-state index in [-0.39, 0.29) is 0 Å². The number of rotatable bonds is 6. The molecule has 1 heterocycles. The molecule has 0 bridgehead atoms. The van der Waals surface area contributed by atoms with Crippen molar-refractivity contribution in [3.05, 3.63) is 94.8 Å². The van der Waals surface area contributed by atoms with Crippen molar-refractivity contribution in [2.75, 3.05) is 7.11 Å². The molecule has 0 aliphatic rings. The molecule has 0 saturated heterocycles. The molecule has 1 N–H and O–H groups in total. The number of hydrogen-bond acceptors (Lipinski definition) is 3. The second-order valence-corrected chi connectivity index (χ2v) is 7.16. The third-order valence-corrected chi connectivity index (χ3v) is 5.12. The summed E-state index contributed by atoms with van der Waals surface area (Å²) >= 11 is 6.02. The van der Waals surface area contributed by atoms with Gasteiger partial charge in [-0.25, -0.2) is 4.98 Å². The smallest absolute Gasteiger partial charge is 0.118 e. The average Bonchev–Trinajstić information content (AvgIpc) is 3.06. The number of aromatic nitrogens is 2. The van der Waals surface area contributed by atoms with Crippen molar-refractivity contribution < 1.29 is 9.84 Å². The van der Waals surface area contributed by atoms with Gasteiger partial charge in [0.1, 0.15) is 11.6 Å². The highest BCUT2D eigenvalue weighted by Crippen LogP contribution is 2.25. The third-order valence-electron chi connectivity index (χ3n) is 4.86. The minimum absolute atomic E-state index is 0.425. The molecule has 4 nitrogen and oxygen atoms in total. The van der Waals surface area contributed by atoms with Crippen LogP contribution in [0, 0.1) is 0 Å². The average molecular weight is 393 g/mol. The molecule has 0 fully saturated rings. The van der Waals surface area contributed by atoms with Crippen molar-refractivity contribution in [2.24, 2.45) is 0 Å². The van der Waals surface area contributed by atoms with Gasteiger partial charge >= 0.3 is 0 Å². The van der Waals surface area contributed by atoms with Gasteiger partial charge in [0, 0.05) is 18.0 Å². The Morgan fingerprint density at radius 2 is 1.71 bits per heavy atom. The Balaban J connectivity index is 1.66. The van der Waals surface area contributed by atoms with E-state index in [4.69, 9.17) is 21.3 Å². The van der Waals surface area contributed by atoms with Crippen LogP contribution in [0.25, 0.3) is 11.0 Å². The lowest BCUT2D eigenvalue weighted by molar-refractivity contribution is 0.174. The number of halogens is 1. The van der Waals surface area contributed by atoms with Crippen LogP contribution >= 0.6 is 11.6 Å². The fraction of sp³-hybridized carbons (Fsp3) is 0.174. The van der Waals surface area contributed by atoms with Crippen LogP contribution in [0.15, 0.2) is 72.8 Å². The Hall–Kier alpha value is -2.82. The summed E-state index contributed by atoms with van der Waals surface area (Å²) in [4.78, 5) is 4.78. The van der Waals surface area contributed by atoms with Crippen LogP contribution in [0.2, 0.25) is 5.02 Å². The summed E-state index contributed by atoms with van der Waals surface area (Å²) < 4.78 is 7.35. The predicted octanol–water partition coefficient (Wildman–Crippen LogP) is 5.02. The molecule has 28 heavy (non-hydrogen) atoms. The molecule has 142 valence electrons. The van der Waals surface area contributed by atoms with Gasteiger partial charge in [0.15, 0.2) is 0 Å². The highest BCUT2D eigenvalue weighted by molar-refractivity contribution is 6.30. The van der Waals surface area contributed by atoms with Gasteiger partial charge in [-0.15, -0.1) is 0 Å². The highest BCUT2D eigenvalue weighted by atomic mass is 35.5. The summed E-state index contributed by atoms with van der Waals surface area (Å²) in [6.07, 6.45) is -0.221. The van der Waals surface area contributed by atoms with Crippen LogP contribution in [0.1, 0.15) is 23.1 Å². The van der Waals surface area contributed by atoms with Crippen molar-refractivity contribution in [1.82, 2.24) is 9.55 Å². The molecule has 1 aromatic heterocycles. The number of hydrogen-bond donors (Lipinski definition) is 1. The minimum Gasteiger partial charge on any atom is -0.497 e. The lowest BCUT2D eigenvalue weighted by Gasteiger charge is -2.14. The number of benzene rings is 3. The molecule has 0 spiro atoms. The maximum absolute atomic E-state index is 10.8. The third kappa shape index (κ3) is 3.88. The van der Waals surface area contributed by atoms with E-state index in [1.807, 2.05) is 66.7 Å². The van der Waals surface area contributed by atoms with Gasteiger partial charge < -0.3 is 14.4 Å². The molecule has 4 rings (SSSR count). The zero-order chi connectivity index (χ0) is 19.5. The number of methoxy groups -OCH3 is 1. The number of aliphatic hydroxyl groups is 1. The fourth-order valence-corrected chi connectivity index (χ4v) is 3.47. The molecule has 0 aliphatic heterocycles. The zero-order valence-corrected chi connectivity index (χ0v) is 16.3. The van der Waals surface area contributed by atoms with Gasteiger partial charge in [-0.05, 0) is 47.5 Å². The van der Waals surface area contributed by atoms with Gasteiger partial charge in [0.2, 0.25) is 0 Å². The maximum Gasteiger partial charge on any atom is 0.118 e. The first-order chi connectivity index (χ1) is 13.6. The number of fused-ring (bicyclic) bond motifs is 1. The number of aliphatic hydroxyl groups excluding tert-OH is 1. The van der Waals surface area contributed by atoms with E-state index in [0.29, 0.717) is 13.0 Å². The molecular formula is C23H21ClN2O2. The summed E-state index contributed by atoms with van der Waals surface area (Å²) in [5, 5.41) is 11.5. The summed E-state index contributed by atoms with van der Waals surface area (Å²) in [5.41, 5.74) is 3.95. The highest BCUT2D eigenvalue weighted by Gasteiger charge is 2.16. The number of imidazole rings is 1. The van der Waals surface area contributed by atoms with Crippen LogP contribution in [-0.2, 0) is 13.0 Å². The topological polar surface area (TPSA) is 47.3 Å². The van der Waals surface area contributed by atoms with Crippen LogP contribution in [0.3, 0.4) is 0 Å². The zero-order valence-electron chi connectivity index (χ0n) is 15.5. The molecular weight excluding hydrogens is 372 g/mol. The second-order valence-electron chi connectivity index (χ2n) is 6.72. The van der Waals surface area contributed by atoms with Crippen molar-refractivity contribution in [2.45, 2.75) is 19.1 Å². The summed E-state index contributed by atoms with van der Waals surface area (Å²) in [6.45, 7) is 0.669. The molecule has 0 aliphatic carbocycles. The molecule has 4 aromatic rings. The van der Waals surface area contributed by atoms with E-state index in [1.54, 1.807) is 7.11 Å². The first-order valence-electron chi connectivity index (χ1n) is 9.14. The standard InChI is InChI=1S/C23H21ClN2O2/c1-28-19-12-8-17(9-13-19)22(27)14-23-25-20-4-2-3-5-21(20)26(23)15-16-6-10-18(24)11-7-16/h2-13,22,27H,14-15H2,1H3/t22-/m1/s1. The normalized spacial score (nSPS) is 12.2. The Bertz CT molecular complexity index is 1070. The Morgan fingerprint density at radius 1 is 1.00 bits per heavy atom. The van der Waals surface area contributed by atoms with E-state index < -0.39 is 6.10 Å². The summed E-state index contributed by atoms with van der Waals surface area (Å²) in [7, 11) is 1.63. The number of ether oxygens (including phenoxy) is 1. The van der Waals surface area contributed by atoms with E-state index in [9.17, 15) is 5.11 Å². The van der Waals surface area contributed by atoms with Gasteiger partial charge in [-0.1, -0.05) is 48.0 Å². The Kier molecular flexibility index (Phi) is 5.33. The van der Waals surface area contributed by atoms with E-state index in [2.05, 4.69) is 10.6 Å². The molecule has 5 heteroatoms. The van der Waals surface area contributed by atoms with Crippen molar-refractivity contribution >= 4 is 22.6 Å². The Morgan fingerprint density at radius 3 is 2.43 bits per heavy atom. The number of nitrogens with zero attached hydrogens (tertiary/aromatic N) is 2. The van der Waals surface area contributed by atoms with Crippen LogP contribution in [0.5, 0.6) is 5.75 Å². The predicted molar refractivity (Wildman–Crippen MR) is 112 cm³/mol. The van der Waals surface area contributed by atoms with Crippen LogP contribution in [0.4, 0.5) is 0 Å². The van der Waals surface area contributed by atoms with Crippen LogP contribution < -0.4 is 4.74 Å². The van der Waals surface area contributed by atoms with Crippen LogP contribution in [-0.4, -0.2) is 21.8 Å². The molecule has 0 amide bonds. The Labute approximate surface area is 169 Å². The molecule has 1 atom stereocenters. The van der Waals surface area contributed by atoms with Gasteiger partial charge in [-0.2, -0.15) is 0 Å². The van der Waals surface area contributed by atoms with Gasteiger partial charge in [0.05, 0.1) is 24.2 Å². The lowest BCUT2D eigenvalue weighted by Crippen LogP contribution is -2.10. The van der Waals surface area contributed by atoms with Gasteiger partial charge in [0.25, 0.3) is 0 Å². The largest absolute Gasteiger partial charge is 0.497 e. The van der Waals surface area contributed by atoms with E-state index >= 15 is 0 Å². The summed E-state index contributed by atoms with van der Waals surface area (Å²) in [6, 6.07) is 23.3. The minimum atomic E-state index is -0.647. The fourth-order valence-electron chi connectivity index (χ4n) is 3.35.